The van der Waals surface area contributed by atoms with Crippen LogP contribution in [0.1, 0.15) is 9.68 Å². The molecule has 2 N–H and O–H groups in total. The number of aromatic nitrogens is 2. The number of fused-ring (bicyclic) bond motifs is 2. The van der Waals surface area contributed by atoms with Gasteiger partial charge < -0.3 is 34.5 Å². The van der Waals surface area contributed by atoms with E-state index in [1.807, 2.05) is 4.90 Å². The minimum absolute atomic E-state index is 0.00114. The molecule has 34 heavy (non-hydrogen) atoms. The third-order valence-electron chi connectivity index (χ3n) is 5.88. The highest BCUT2D eigenvalue weighted by molar-refractivity contribution is 5.91. The van der Waals surface area contributed by atoms with E-state index in [9.17, 15) is 4.79 Å². The van der Waals surface area contributed by atoms with Gasteiger partial charge >= 0.3 is 0 Å². The van der Waals surface area contributed by atoms with E-state index in [1.54, 1.807) is 38.2 Å². The molecule has 0 bridgehead atoms. The summed E-state index contributed by atoms with van der Waals surface area (Å²) in [7, 11) is 3.10. The minimum atomic E-state index is -0.959. The normalized spacial score (nSPS) is 18.8. The number of hydrogen-bond acceptors (Lipinski definition) is 9. The summed E-state index contributed by atoms with van der Waals surface area (Å²) in [4.78, 5) is 25.9. The highest BCUT2D eigenvalue weighted by atomic mass is 16.6. The van der Waals surface area contributed by atoms with Gasteiger partial charge in [0.25, 0.3) is 5.91 Å². The molecular formula is C24H27N5O5. The van der Waals surface area contributed by atoms with Crippen molar-refractivity contribution in [3.05, 3.63) is 35.8 Å². The molecule has 1 unspecified atom stereocenters. The third-order valence-corrected chi connectivity index (χ3v) is 5.88. The largest absolute Gasteiger partial charge is 0.493 e. The first-order valence-corrected chi connectivity index (χ1v) is 10.9. The fourth-order valence-corrected chi connectivity index (χ4v) is 4.05. The average molecular weight is 469 g/mol. The summed E-state index contributed by atoms with van der Waals surface area (Å²) in [5.74, 6) is 1.63. The number of piperazine rings is 1. The van der Waals surface area contributed by atoms with Crippen LogP contribution in [0.2, 0.25) is 0 Å². The number of carbonyl (C=O) groups is 1. The van der Waals surface area contributed by atoms with E-state index in [0.717, 1.165) is 0 Å². The van der Waals surface area contributed by atoms with Crippen LogP contribution < -0.4 is 29.6 Å². The first kappa shape index (κ1) is 18.5. The van der Waals surface area contributed by atoms with Gasteiger partial charge in [-0.2, -0.15) is 4.98 Å². The van der Waals surface area contributed by atoms with E-state index in [0.29, 0.717) is 65.9 Å². The number of anilines is 2. The molecule has 1 saturated heterocycles. The molecule has 1 atom stereocenters. The highest BCUT2D eigenvalue weighted by Gasteiger charge is 2.33. The van der Waals surface area contributed by atoms with Crippen LogP contribution in [0.25, 0.3) is 10.9 Å². The lowest BCUT2D eigenvalue weighted by Crippen LogP contribution is -2.54. The summed E-state index contributed by atoms with van der Waals surface area (Å²) >= 11 is 0. The molecule has 0 aliphatic carbocycles. The van der Waals surface area contributed by atoms with Crippen LogP contribution in [0.15, 0.2) is 30.3 Å². The fourth-order valence-electron chi connectivity index (χ4n) is 4.05. The van der Waals surface area contributed by atoms with Gasteiger partial charge in [-0.1, -0.05) is 6.04 Å². The Kier molecular flexibility index (Phi) is 4.77. The number of nitrogen functional groups attached to an aromatic ring is 1. The van der Waals surface area contributed by atoms with Gasteiger partial charge in [-0.3, -0.25) is 4.79 Å². The van der Waals surface area contributed by atoms with Crippen LogP contribution in [0, 0.1) is 6.92 Å². The van der Waals surface area contributed by atoms with Crippen molar-refractivity contribution < 1.29 is 27.9 Å². The molecule has 1 aromatic heterocycles. The Morgan fingerprint density at radius 2 is 1.85 bits per heavy atom. The summed E-state index contributed by atoms with van der Waals surface area (Å²) < 4.78 is 46.5. The number of nitrogens with two attached hydrogens (primary N) is 1. The van der Waals surface area contributed by atoms with E-state index in [4.69, 9.17) is 28.8 Å². The Morgan fingerprint density at radius 1 is 1.12 bits per heavy atom. The Labute approximate surface area is 201 Å². The number of rotatable bonds is 4. The average Bonchev–Trinajstić information content (AvgIpc) is 2.93. The first-order chi connectivity index (χ1) is 17.7. The van der Waals surface area contributed by atoms with Crippen LogP contribution in [0.4, 0.5) is 11.8 Å². The van der Waals surface area contributed by atoms with E-state index in [2.05, 4.69) is 9.97 Å². The van der Waals surface area contributed by atoms with Gasteiger partial charge in [-0.05, 0) is 30.6 Å². The van der Waals surface area contributed by atoms with E-state index < -0.39 is 6.10 Å². The molecule has 2 aromatic carbocycles. The number of hydrogen-bond donors (Lipinski definition) is 1. The maximum absolute atomic E-state index is 13.2. The molecule has 0 saturated carbocycles. The van der Waals surface area contributed by atoms with Crippen LogP contribution in [-0.2, 0) is 4.79 Å². The van der Waals surface area contributed by atoms with Crippen molar-refractivity contribution >= 4 is 28.6 Å². The minimum Gasteiger partial charge on any atom is -0.493 e. The van der Waals surface area contributed by atoms with Crippen LogP contribution in [-0.4, -0.2) is 73.9 Å². The van der Waals surface area contributed by atoms with Gasteiger partial charge in [0, 0.05) is 37.6 Å². The third kappa shape index (κ3) is 3.95. The number of benzene rings is 2. The molecule has 1 amide bonds. The predicted octanol–water partition coefficient (Wildman–Crippen LogP) is 2.03. The van der Waals surface area contributed by atoms with Crippen LogP contribution in [0.5, 0.6) is 23.0 Å². The Bertz CT molecular complexity index is 1400. The van der Waals surface area contributed by atoms with Gasteiger partial charge in [-0.25, -0.2) is 4.98 Å². The Morgan fingerprint density at radius 3 is 2.59 bits per heavy atom. The smallest absolute Gasteiger partial charge is 0.267 e. The highest BCUT2D eigenvalue weighted by Crippen LogP contribution is 2.35. The summed E-state index contributed by atoms with van der Waals surface area (Å²) in [5.41, 5.74) is 7.18. The van der Waals surface area contributed by atoms with E-state index in [1.165, 1.54) is 0 Å². The zero-order valence-electron chi connectivity index (χ0n) is 22.2. The predicted molar refractivity (Wildman–Crippen MR) is 127 cm³/mol. The second kappa shape index (κ2) is 8.77. The maximum Gasteiger partial charge on any atom is 0.267 e. The lowest BCUT2D eigenvalue weighted by Gasteiger charge is -2.37. The summed E-state index contributed by atoms with van der Waals surface area (Å²) in [6.07, 6.45) is -0.959. The number of nitrogens with zero attached hydrogens (tertiary/aromatic N) is 4. The topological polar surface area (TPSA) is 112 Å². The van der Waals surface area contributed by atoms with Gasteiger partial charge in [0.1, 0.15) is 12.4 Å². The van der Waals surface area contributed by atoms with E-state index >= 15 is 0 Å². The summed E-state index contributed by atoms with van der Waals surface area (Å²) in [6.45, 7) is 3.27. The van der Waals surface area contributed by atoms with Gasteiger partial charge in [0.05, 0.1) is 23.8 Å². The second-order valence-corrected chi connectivity index (χ2v) is 8.02. The summed E-state index contributed by atoms with van der Waals surface area (Å²) in [6, 6.07) is 3.19. The molecule has 10 heteroatoms. The van der Waals surface area contributed by atoms with Gasteiger partial charge in [0.2, 0.25) is 12.1 Å². The molecule has 0 radical (unpaired) electrons. The SMILES string of the molecule is [2H]c1c([2H])c2c(c([2H])c1C)OCC(C(=O)N1CCN(c3nc(N)c4cc(OC)c(OC)cc4n3)CC1)O2. The maximum atomic E-state index is 13.2. The molecule has 178 valence electrons. The van der Waals surface area contributed by atoms with Crippen molar-refractivity contribution in [3.63, 3.8) is 0 Å². The molecule has 2 aliphatic rings. The monoisotopic (exact) mass is 468 g/mol. The van der Waals surface area contributed by atoms with Crippen molar-refractivity contribution in [3.8, 4) is 23.0 Å². The number of amides is 1. The van der Waals surface area contributed by atoms with Crippen LogP contribution >= 0.6 is 0 Å². The van der Waals surface area contributed by atoms with E-state index in [-0.39, 0.29) is 42.1 Å². The second-order valence-electron chi connectivity index (χ2n) is 8.02. The number of carbonyl (C=O) groups excluding carboxylic acids is 1. The Balaban J connectivity index is 1.29. The van der Waals surface area contributed by atoms with Crippen molar-refractivity contribution in [2.45, 2.75) is 13.0 Å². The number of ether oxygens (including phenoxy) is 4. The summed E-state index contributed by atoms with van der Waals surface area (Å²) in [5, 5.41) is 0.653. The standard InChI is InChI=1S/C24H27N5O5/c1-14-4-5-17-20(10-14)33-13-21(34-17)23(30)28-6-8-29(9-7-28)24-26-16-12-19(32-3)18(31-2)11-15(16)22(25)27-24/h4-5,10-12,21H,6-9,13H2,1-3H3,(H2,25,26,27)/i4D,5D,10D. The fraction of sp³-hybridized carbons (Fsp3) is 0.375. The van der Waals surface area contributed by atoms with Crippen molar-refractivity contribution in [1.82, 2.24) is 14.9 Å². The molecule has 10 nitrogen and oxygen atoms in total. The zero-order valence-corrected chi connectivity index (χ0v) is 19.2. The lowest BCUT2D eigenvalue weighted by molar-refractivity contribution is -0.141. The molecular weight excluding hydrogens is 438 g/mol. The molecule has 3 aromatic rings. The van der Waals surface area contributed by atoms with Gasteiger partial charge in [0.15, 0.2) is 23.0 Å². The molecule has 1 fully saturated rings. The van der Waals surface area contributed by atoms with Crippen molar-refractivity contribution in [1.29, 1.82) is 0 Å². The van der Waals surface area contributed by atoms with Crippen molar-refractivity contribution in [2.24, 2.45) is 0 Å². The van der Waals surface area contributed by atoms with Gasteiger partial charge in [-0.15, -0.1) is 0 Å². The molecule has 0 spiro atoms. The first-order valence-electron chi connectivity index (χ1n) is 12.4. The van der Waals surface area contributed by atoms with Crippen molar-refractivity contribution in [2.75, 3.05) is 57.6 Å². The number of methoxy groups -OCH3 is 2. The van der Waals surface area contributed by atoms with Crippen LogP contribution in [0.3, 0.4) is 0 Å². The Hall–Kier alpha value is -3.95. The lowest BCUT2D eigenvalue weighted by atomic mass is 10.2. The quantitative estimate of drug-likeness (QED) is 0.614. The molecule has 2 aliphatic heterocycles. The molecule has 3 heterocycles. The molecule has 5 rings (SSSR count). The zero-order chi connectivity index (χ0) is 26.4.